The Hall–Kier alpha value is -1.07. The van der Waals surface area contributed by atoms with Crippen LogP contribution in [0.5, 0.6) is 0 Å². The third-order valence-electron chi connectivity index (χ3n) is 1.45. The van der Waals surface area contributed by atoms with Gasteiger partial charge in [-0.2, -0.15) is 0 Å². The van der Waals surface area contributed by atoms with E-state index in [-0.39, 0.29) is 0 Å². The standard InChI is InChI=1S/C7H10N2O2S/c1-5-2-3-6(8)4-7(5)9-12(10)11/h2-4,9H,8H2,1H3,(H,10,11)/p-1. The molecule has 1 aromatic rings. The molecule has 0 aromatic heterocycles. The average molecular weight is 185 g/mol. The highest BCUT2D eigenvalue weighted by molar-refractivity contribution is 7.80. The smallest absolute Gasteiger partial charge is 0.0502 e. The van der Waals surface area contributed by atoms with E-state index < -0.39 is 11.3 Å². The summed E-state index contributed by atoms with van der Waals surface area (Å²) in [6.07, 6.45) is 0. The molecule has 0 fully saturated rings. The van der Waals surface area contributed by atoms with Crippen LogP contribution in [-0.2, 0) is 11.3 Å². The second-order valence-corrected chi connectivity index (χ2v) is 3.08. The van der Waals surface area contributed by atoms with E-state index in [0.717, 1.165) is 5.56 Å². The van der Waals surface area contributed by atoms with Gasteiger partial charge in [0.1, 0.15) is 0 Å². The summed E-state index contributed by atoms with van der Waals surface area (Å²) in [4.78, 5) is 0. The maximum absolute atomic E-state index is 10.3. The molecule has 1 atom stereocenters. The number of nitrogens with one attached hydrogen (secondary N) is 1. The summed E-state index contributed by atoms with van der Waals surface area (Å²) in [6, 6.07) is 5.05. The van der Waals surface area contributed by atoms with Crippen LogP contribution in [0.4, 0.5) is 11.4 Å². The summed E-state index contributed by atoms with van der Waals surface area (Å²) >= 11 is -2.29. The maximum atomic E-state index is 10.3. The van der Waals surface area contributed by atoms with E-state index in [1.165, 1.54) is 0 Å². The summed E-state index contributed by atoms with van der Waals surface area (Å²) in [5, 5.41) is 0. The van der Waals surface area contributed by atoms with Gasteiger partial charge in [0, 0.05) is 17.0 Å². The normalized spacial score (nSPS) is 12.5. The first-order valence-corrected chi connectivity index (χ1v) is 4.39. The highest BCUT2D eigenvalue weighted by atomic mass is 32.2. The number of rotatable bonds is 2. The fourth-order valence-corrected chi connectivity index (χ4v) is 1.24. The van der Waals surface area contributed by atoms with Crippen molar-refractivity contribution < 1.29 is 8.76 Å². The van der Waals surface area contributed by atoms with Crippen molar-refractivity contribution in [2.75, 3.05) is 10.5 Å². The first-order valence-electron chi connectivity index (χ1n) is 3.31. The Balaban J connectivity index is 2.97. The fraction of sp³-hybridized carbons (Fsp3) is 0.143. The number of anilines is 2. The molecule has 0 bridgehead atoms. The Kier molecular flexibility index (Phi) is 2.67. The lowest BCUT2D eigenvalue weighted by atomic mass is 10.2. The van der Waals surface area contributed by atoms with E-state index in [9.17, 15) is 8.76 Å². The Morgan fingerprint density at radius 1 is 1.58 bits per heavy atom. The van der Waals surface area contributed by atoms with Gasteiger partial charge < -0.3 is 15.0 Å². The zero-order valence-electron chi connectivity index (χ0n) is 6.53. The van der Waals surface area contributed by atoms with Crippen molar-refractivity contribution in [2.45, 2.75) is 6.92 Å². The maximum Gasteiger partial charge on any atom is 0.0502 e. The number of hydrogen-bond acceptors (Lipinski definition) is 3. The largest absolute Gasteiger partial charge is 0.755 e. The fourth-order valence-electron chi connectivity index (χ4n) is 0.839. The van der Waals surface area contributed by atoms with Gasteiger partial charge in [-0.25, -0.2) is 0 Å². The van der Waals surface area contributed by atoms with Crippen molar-refractivity contribution >= 4 is 22.6 Å². The van der Waals surface area contributed by atoms with Gasteiger partial charge in [0.05, 0.1) is 5.69 Å². The summed E-state index contributed by atoms with van der Waals surface area (Å²) in [6.45, 7) is 1.80. The summed E-state index contributed by atoms with van der Waals surface area (Å²) in [5.41, 5.74) is 7.36. The van der Waals surface area contributed by atoms with Crippen molar-refractivity contribution in [1.82, 2.24) is 0 Å². The molecular formula is C7H9N2O2S-. The third-order valence-corrected chi connectivity index (χ3v) is 1.84. The zero-order valence-corrected chi connectivity index (χ0v) is 7.35. The van der Waals surface area contributed by atoms with E-state index in [2.05, 4.69) is 4.72 Å². The Labute approximate surface area is 73.2 Å². The Morgan fingerprint density at radius 3 is 2.83 bits per heavy atom. The minimum atomic E-state index is -2.29. The molecule has 0 radical (unpaired) electrons. The Morgan fingerprint density at radius 2 is 2.25 bits per heavy atom. The van der Waals surface area contributed by atoms with Crippen LogP contribution in [0.2, 0.25) is 0 Å². The van der Waals surface area contributed by atoms with Gasteiger partial charge in [0.25, 0.3) is 0 Å². The topological polar surface area (TPSA) is 78.2 Å². The van der Waals surface area contributed by atoms with E-state index in [4.69, 9.17) is 5.73 Å². The number of aryl methyl sites for hydroxylation is 1. The van der Waals surface area contributed by atoms with Crippen LogP contribution in [0.3, 0.4) is 0 Å². The molecule has 0 amide bonds. The molecule has 4 nitrogen and oxygen atoms in total. The van der Waals surface area contributed by atoms with Gasteiger partial charge in [0.15, 0.2) is 0 Å². The van der Waals surface area contributed by atoms with Gasteiger partial charge in [-0.1, -0.05) is 6.07 Å². The number of benzene rings is 1. The van der Waals surface area contributed by atoms with Crippen LogP contribution >= 0.6 is 0 Å². The molecule has 0 saturated heterocycles. The second-order valence-electron chi connectivity index (χ2n) is 2.41. The lowest BCUT2D eigenvalue weighted by molar-refractivity contribution is 0.542. The molecule has 0 aliphatic rings. The minimum absolute atomic E-state index is 0.517. The minimum Gasteiger partial charge on any atom is -0.755 e. The molecule has 1 aromatic carbocycles. The first-order chi connectivity index (χ1) is 5.59. The van der Waals surface area contributed by atoms with E-state index >= 15 is 0 Å². The van der Waals surface area contributed by atoms with Crippen molar-refractivity contribution in [3.63, 3.8) is 0 Å². The molecule has 1 unspecified atom stereocenters. The molecule has 1 rings (SSSR count). The zero-order chi connectivity index (χ0) is 9.14. The first kappa shape index (κ1) is 9.02. The predicted octanol–water partition coefficient (Wildman–Crippen LogP) is 0.783. The van der Waals surface area contributed by atoms with Crippen LogP contribution < -0.4 is 10.5 Å². The highest BCUT2D eigenvalue weighted by Crippen LogP contribution is 2.17. The molecule has 0 heterocycles. The molecule has 66 valence electrons. The number of hydrogen-bond donors (Lipinski definition) is 2. The monoisotopic (exact) mass is 185 g/mol. The van der Waals surface area contributed by atoms with Crippen molar-refractivity contribution in [3.05, 3.63) is 23.8 Å². The van der Waals surface area contributed by atoms with Crippen LogP contribution in [-0.4, -0.2) is 8.76 Å². The number of nitrogens with two attached hydrogens (primary N) is 1. The summed E-state index contributed by atoms with van der Waals surface area (Å²) < 4.78 is 22.8. The SMILES string of the molecule is Cc1ccc(N)cc1NS(=O)[O-]. The molecule has 0 aliphatic carbocycles. The van der Waals surface area contributed by atoms with E-state index in [1.807, 2.05) is 0 Å². The average Bonchev–Trinajstić information content (AvgIpc) is 1.96. The number of nitrogen functional groups attached to an aromatic ring is 1. The quantitative estimate of drug-likeness (QED) is 0.528. The third kappa shape index (κ3) is 2.21. The molecular weight excluding hydrogens is 176 g/mol. The highest BCUT2D eigenvalue weighted by Gasteiger charge is 1.96. The second kappa shape index (κ2) is 3.55. The van der Waals surface area contributed by atoms with Crippen LogP contribution in [0, 0.1) is 6.92 Å². The molecule has 0 aliphatic heterocycles. The van der Waals surface area contributed by atoms with Crippen molar-refractivity contribution in [2.24, 2.45) is 0 Å². The Bertz CT molecular complexity index is 314. The van der Waals surface area contributed by atoms with Crippen LogP contribution in [0.15, 0.2) is 18.2 Å². The van der Waals surface area contributed by atoms with Crippen molar-refractivity contribution in [3.8, 4) is 0 Å². The molecule has 3 N–H and O–H groups in total. The molecule has 12 heavy (non-hydrogen) atoms. The van der Waals surface area contributed by atoms with Gasteiger partial charge in [-0.05, 0) is 24.6 Å². The van der Waals surface area contributed by atoms with Crippen LogP contribution in [0.25, 0.3) is 0 Å². The van der Waals surface area contributed by atoms with Gasteiger partial charge in [-0.3, -0.25) is 4.21 Å². The van der Waals surface area contributed by atoms with Gasteiger partial charge in [0.2, 0.25) is 0 Å². The van der Waals surface area contributed by atoms with Crippen LogP contribution in [0.1, 0.15) is 5.56 Å². The van der Waals surface area contributed by atoms with E-state index in [0.29, 0.717) is 11.4 Å². The lowest BCUT2D eigenvalue weighted by Gasteiger charge is -2.11. The predicted molar refractivity (Wildman–Crippen MR) is 48.1 cm³/mol. The molecule has 0 spiro atoms. The summed E-state index contributed by atoms with van der Waals surface area (Å²) in [5.74, 6) is 0. The van der Waals surface area contributed by atoms with Crippen molar-refractivity contribution in [1.29, 1.82) is 0 Å². The lowest BCUT2D eigenvalue weighted by Crippen LogP contribution is -2.04. The molecule has 5 heteroatoms. The summed E-state index contributed by atoms with van der Waals surface area (Å²) in [7, 11) is 0. The molecule has 0 saturated carbocycles. The van der Waals surface area contributed by atoms with Gasteiger partial charge in [-0.15, -0.1) is 0 Å². The van der Waals surface area contributed by atoms with E-state index in [1.54, 1.807) is 25.1 Å². The van der Waals surface area contributed by atoms with Gasteiger partial charge >= 0.3 is 0 Å².